The second kappa shape index (κ2) is 4.91. The van der Waals surface area contributed by atoms with Crippen molar-refractivity contribution in [2.24, 2.45) is 11.8 Å². The fourth-order valence-electron chi connectivity index (χ4n) is 2.99. The van der Waals surface area contributed by atoms with Crippen molar-refractivity contribution in [3.8, 4) is 0 Å². The first-order valence-electron chi connectivity index (χ1n) is 6.34. The predicted molar refractivity (Wildman–Crippen MR) is 73.6 cm³/mol. The molecule has 17 heavy (non-hydrogen) atoms. The van der Waals surface area contributed by atoms with Crippen molar-refractivity contribution < 1.29 is 0 Å². The highest BCUT2D eigenvalue weighted by Crippen LogP contribution is 2.37. The predicted octanol–water partition coefficient (Wildman–Crippen LogP) is 3.25. The summed E-state index contributed by atoms with van der Waals surface area (Å²) in [5.74, 6) is 1.73. The van der Waals surface area contributed by atoms with Gasteiger partial charge in [-0.25, -0.2) is 4.98 Å². The van der Waals surface area contributed by atoms with Gasteiger partial charge in [-0.15, -0.1) is 0 Å². The molecular weight excluding hydrogens is 276 g/mol. The Morgan fingerprint density at radius 1 is 1.29 bits per heavy atom. The molecular formula is C14H17BrN2. The molecule has 1 saturated heterocycles. The Labute approximate surface area is 111 Å². The van der Waals surface area contributed by atoms with Crippen molar-refractivity contribution >= 4 is 21.5 Å². The van der Waals surface area contributed by atoms with Gasteiger partial charge in [-0.1, -0.05) is 12.1 Å². The van der Waals surface area contributed by atoms with Crippen LogP contribution in [0, 0.1) is 11.8 Å². The van der Waals surface area contributed by atoms with Gasteiger partial charge in [-0.3, -0.25) is 0 Å². The van der Waals surface area contributed by atoms with Crippen LogP contribution >= 0.6 is 15.9 Å². The van der Waals surface area contributed by atoms with Crippen LogP contribution in [0.3, 0.4) is 0 Å². The first kappa shape index (κ1) is 11.4. The molecule has 1 fully saturated rings. The number of halogens is 1. The molecule has 2 atom stereocenters. The molecule has 0 saturated carbocycles. The highest BCUT2D eigenvalue weighted by Gasteiger charge is 2.28. The SMILES string of the molecule is Brc1ccc(C2=CCC3CCNCC3C2)cn1. The number of nitrogens with zero attached hydrogens (tertiary/aromatic N) is 1. The Bertz CT molecular complexity index is 424. The Balaban J connectivity index is 1.80. The first-order valence-corrected chi connectivity index (χ1v) is 7.14. The van der Waals surface area contributed by atoms with Crippen LogP contribution in [0.1, 0.15) is 24.8 Å². The fourth-order valence-corrected chi connectivity index (χ4v) is 3.22. The number of fused-ring (bicyclic) bond motifs is 1. The van der Waals surface area contributed by atoms with Crippen molar-refractivity contribution in [2.75, 3.05) is 13.1 Å². The van der Waals surface area contributed by atoms with Gasteiger partial charge in [-0.05, 0) is 77.3 Å². The van der Waals surface area contributed by atoms with E-state index in [1.807, 2.05) is 12.3 Å². The van der Waals surface area contributed by atoms with E-state index in [9.17, 15) is 0 Å². The molecule has 2 nitrogen and oxygen atoms in total. The van der Waals surface area contributed by atoms with Crippen LogP contribution in [-0.4, -0.2) is 18.1 Å². The highest BCUT2D eigenvalue weighted by atomic mass is 79.9. The fraction of sp³-hybridized carbons (Fsp3) is 0.500. The summed E-state index contributed by atoms with van der Waals surface area (Å²) in [6, 6.07) is 4.20. The molecule has 90 valence electrons. The smallest absolute Gasteiger partial charge is 0.106 e. The maximum atomic E-state index is 4.32. The molecule has 2 aliphatic rings. The molecule has 1 aliphatic carbocycles. The van der Waals surface area contributed by atoms with E-state index in [2.05, 4.69) is 38.4 Å². The van der Waals surface area contributed by atoms with Gasteiger partial charge in [0.05, 0.1) is 0 Å². The zero-order valence-corrected chi connectivity index (χ0v) is 11.4. The Morgan fingerprint density at radius 3 is 3.06 bits per heavy atom. The molecule has 0 amide bonds. The maximum absolute atomic E-state index is 4.32. The summed E-state index contributed by atoms with van der Waals surface area (Å²) in [5, 5.41) is 3.51. The zero-order valence-electron chi connectivity index (χ0n) is 9.82. The minimum atomic E-state index is 0.826. The maximum Gasteiger partial charge on any atom is 0.106 e. The number of allylic oxidation sites excluding steroid dienone is 2. The molecule has 2 unspecified atom stereocenters. The monoisotopic (exact) mass is 292 g/mol. The van der Waals surface area contributed by atoms with Crippen LogP contribution < -0.4 is 5.32 Å². The van der Waals surface area contributed by atoms with Crippen molar-refractivity contribution in [1.82, 2.24) is 10.3 Å². The molecule has 0 aromatic carbocycles. The lowest BCUT2D eigenvalue weighted by molar-refractivity contribution is 0.252. The Hall–Kier alpha value is -0.670. The topological polar surface area (TPSA) is 24.9 Å². The molecule has 0 bridgehead atoms. The second-order valence-corrected chi connectivity index (χ2v) is 5.86. The zero-order chi connectivity index (χ0) is 11.7. The van der Waals surface area contributed by atoms with E-state index < -0.39 is 0 Å². The lowest BCUT2D eigenvalue weighted by Gasteiger charge is -2.35. The number of aromatic nitrogens is 1. The van der Waals surface area contributed by atoms with Gasteiger partial charge in [0, 0.05) is 6.20 Å². The van der Waals surface area contributed by atoms with E-state index >= 15 is 0 Å². The van der Waals surface area contributed by atoms with Gasteiger partial charge in [0.2, 0.25) is 0 Å². The van der Waals surface area contributed by atoms with Gasteiger partial charge in [-0.2, -0.15) is 0 Å². The standard InChI is InChI=1S/C14H17BrN2/c15-14-4-3-12(9-17-14)11-2-1-10-5-6-16-8-13(10)7-11/h2-4,9-10,13,16H,1,5-8H2. The van der Waals surface area contributed by atoms with Crippen LogP contribution in [0.4, 0.5) is 0 Å². The van der Waals surface area contributed by atoms with E-state index in [0.29, 0.717) is 0 Å². The summed E-state index contributed by atoms with van der Waals surface area (Å²) in [7, 11) is 0. The summed E-state index contributed by atoms with van der Waals surface area (Å²) in [6.07, 6.45) is 8.20. The van der Waals surface area contributed by atoms with Gasteiger partial charge in [0.25, 0.3) is 0 Å². The quantitative estimate of drug-likeness (QED) is 0.804. The van der Waals surface area contributed by atoms with Crippen molar-refractivity contribution in [3.05, 3.63) is 34.6 Å². The third-order valence-electron chi connectivity index (χ3n) is 4.01. The van der Waals surface area contributed by atoms with Gasteiger partial charge in [0.1, 0.15) is 4.60 Å². The molecule has 1 aromatic heterocycles. The van der Waals surface area contributed by atoms with E-state index in [1.165, 1.54) is 43.5 Å². The van der Waals surface area contributed by atoms with Crippen LogP contribution in [-0.2, 0) is 0 Å². The first-order chi connectivity index (χ1) is 8.33. The average molecular weight is 293 g/mol. The van der Waals surface area contributed by atoms with Gasteiger partial charge in [0.15, 0.2) is 0 Å². The third-order valence-corrected chi connectivity index (χ3v) is 4.48. The highest BCUT2D eigenvalue weighted by molar-refractivity contribution is 9.10. The van der Waals surface area contributed by atoms with Crippen LogP contribution in [0.15, 0.2) is 29.0 Å². The molecule has 3 heteroatoms. The second-order valence-electron chi connectivity index (χ2n) is 5.05. The van der Waals surface area contributed by atoms with Crippen LogP contribution in [0.2, 0.25) is 0 Å². The van der Waals surface area contributed by atoms with Crippen molar-refractivity contribution in [1.29, 1.82) is 0 Å². The Morgan fingerprint density at radius 2 is 2.24 bits per heavy atom. The molecule has 0 radical (unpaired) electrons. The number of nitrogens with one attached hydrogen (secondary N) is 1. The third kappa shape index (κ3) is 2.45. The number of pyridine rings is 1. The Kier molecular flexibility index (Phi) is 3.30. The van der Waals surface area contributed by atoms with Crippen molar-refractivity contribution in [2.45, 2.75) is 19.3 Å². The summed E-state index contributed by atoms with van der Waals surface area (Å²) < 4.78 is 0.912. The molecule has 2 heterocycles. The minimum absolute atomic E-state index is 0.826. The summed E-state index contributed by atoms with van der Waals surface area (Å²) in [4.78, 5) is 4.32. The largest absolute Gasteiger partial charge is 0.316 e. The number of hydrogen-bond acceptors (Lipinski definition) is 2. The van der Waals surface area contributed by atoms with Crippen LogP contribution in [0.25, 0.3) is 5.57 Å². The lowest BCUT2D eigenvalue weighted by atomic mass is 9.75. The average Bonchev–Trinajstić information content (AvgIpc) is 2.39. The molecule has 1 N–H and O–H groups in total. The van der Waals surface area contributed by atoms with E-state index in [4.69, 9.17) is 0 Å². The normalized spacial score (nSPS) is 28.4. The van der Waals surface area contributed by atoms with Gasteiger partial charge < -0.3 is 5.32 Å². The number of piperidine rings is 1. The van der Waals surface area contributed by atoms with E-state index in [1.54, 1.807) is 0 Å². The summed E-state index contributed by atoms with van der Waals surface area (Å²) >= 11 is 3.38. The summed E-state index contributed by atoms with van der Waals surface area (Å²) in [6.45, 7) is 2.39. The molecule has 1 aliphatic heterocycles. The van der Waals surface area contributed by atoms with Gasteiger partial charge >= 0.3 is 0 Å². The minimum Gasteiger partial charge on any atom is -0.316 e. The van der Waals surface area contributed by atoms with E-state index in [0.717, 1.165) is 16.4 Å². The lowest BCUT2D eigenvalue weighted by Crippen LogP contribution is -2.37. The molecule has 3 rings (SSSR count). The van der Waals surface area contributed by atoms with Crippen molar-refractivity contribution in [3.63, 3.8) is 0 Å². The molecule has 0 spiro atoms. The number of hydrogen-bond donors (Lipinski definition) is 1. The number of rotatable bonds is 1. The van der Waals surface area contributed by atoms with E-state index in [-0.39, 0.29) is 0 Å². The summed E-state index contributed by atoms with van der Waals surface area (Å²) in [5.41, 5.74) is 2.77. The van der Waals surface area contributed by atoms with Crippen LogP contribution in [0.5, 0.6) is 0 Å². The molecule has 1 aromatic rings.